The third-order valence-electron chi connectivity index (χ3n) is 6.49. The van der Waals surface area contributed by atoms with Crippen molar-refractivity contribution in [3.8, 4) is 5.75 Å². The number of ether oxygens (including phenoxy) is 1. The fourth-order valence-electron chi connectivity index (χ4n) is 4.36. The van der Waals surface area contributed by atoms with Gasteiger partial charge in [-0.2, -0.15) is 0 Å². The molecule has 0 bridgehead atoms. The summed E-state index contributed by atoms with van der Waals surface area (Å²) in [5.41, 5.74) is 1.98. The number of carbonyl (C=O) groups excluding carboxylic acids is 2. The summed E-state index contributed by atoms with van der Waals surface area (Å²) >= 11 is 11.8. The van der Waals surface area contributed by atoms with Gasteiger partial charge in [-0.15, -0.1) is 0 Å². The van der Waals surface area contributed by atoms with Crippen LogP contribution in [0.5, 0.6) is 5.75 Å². The number of carboxylic acids is 1. The molecular weight excluding hydrogens is 491 g/mol. The van der Waals surface area contributed by atoms with Gasteiger partial charge in [0.15, 0.2) is 0 Å². The van der Waals surface area contributed by atoms with Crippen LogP contribution in [0.3, 0.4) is 0 Å². The van der Waals surface area contributed by atoms with E-state index in [4.69, 9.17) is 33.0 Å². The molecule has 2 amide bonds. The second-order valence-electron chi connectivity index (χ2n) is 9.09. The summed E-state index contributed by atoms with van der Waals surface area (Å²) in [7, 11) is 0. The standard InChI is InChI=1S/C26H28Cl2N2O5/c27-22-10-5-17(13-23(22)28)24(31)29-11-12-30-25(32)20-9-8-19(14-21(20)15-1-2-15)35-18-6-3-16(4-7-18)26(33)34/h5,8-10,13-16,18H,1-4,6-7,11-12H2,(H,29,31)(H,30,32)(H,33,34)/t16-,18+. The number of carbonyl (C=O) groups is 3. The van der Waals surface area contributed by atoms with E-state index < -0.39 is 5.97 Å². The lowest BCUT2D eigenvalue weighted by Crippen LogP contribution is -2.35. The largest absolute Gasteiger partial charge is 0.490 e. The lowest BCUT2D eigenvalue weighted by Gasteiger charge is -2.27. The van der Waals surface area contributed by atoms with E-state index >= 15 is 0 Å². The Morgan fingerprint density at radius 1 is 0.857 bits per heavy atom. The van der Waals surface area contributed by atoms with Crippen LogP contribution < -0.4 is 15.4 Å². The first kappa shape index (κ1) is 25.3. The number of aliphatic carboxylic acids is 1. The van der Waals surface area contributed by atoms with E-state index in [1.165, 1.54) is 6.07 Å². The van der Waals surface area contributed by atoms with E-state index in [1.807, 2.05) is 6.07 Å². The van der Waals surface area contributed by atoms with Crippen LogP contribution in [0.4, 0.5) is 0 Å². The zero-order valence-electron chi connectivity index (χ0n) is 19.2. The number of rotatable bonds is 9. The monoisotopic (exact) mass is 518 g/mol. The Balaban J connectivity index is 1.29. The van der Waals surface area contributed by atoms with Gasteiger partial charge < -0.3 is 20.5 Å². The SMILES string of the molecule is O=C(NCCNC(=O)c1ccc(O[C@H]2CC[C@@H](C(=O)O)CC2)cc1C1CC1)c1ccc(Cl)c(Cl)c1. The van der Waals surface area contributed by atoms with E-state index in [-0.39, 0.29) is 36.9 Å². The number of benzene rings is 2. The van der Waals surface area contributed by atoms with Crippen molar-refractivity contribution in [2.45, 2.75) is 50.5 Å². The molecule has 0 atom stereocenters. The third kappa shape index (κ3) is 6.67. The van der Waals surface area contributed by atoms with E-state index in [2.05, 4.69) is 10.6 Å². The van der Waals surface area contributed by atoms with Gasteiger partial charge in [-0.3, -0.25) is 14.4 Å². The Labute approximate surface area is 214 Å². The molecule has 0 aromatic heterocycles. The predicted octanol–water partition coefficient (Wildman–Crippen LogP) is 5.05. The minimum absolute atomic E-state index is 0.00328. The summed E-state index contributed by atoms with van der Waals surface area (Å²) in [4.78, 5) is 36.3. The van der Waals surface area contributed by atoms with Crippen LogP contribution in [0.2, 0.25) is 10.0 Å². The van der Waals surface area contributed by atoms with Gasteiger partial charge in [0, 0.05) is 24.2 Å². The maximum atomic E-state index is 12.8. The van der Waals surface area contributed by atoms with Crippen LogP contribution in [0.1, 0.15) is 70.7 Å². The first-order valence-electron chi connectivity index (χ1n) is 11.9. The number of carboxylic acid groups (broad SMARTS) is 1. The summed E-state index contributed by atoms with van der Waals surface area (Å²) in [6, 6.07) is 10.2. The number of hydrogen-bond donors (Lipinski definition) is 3. The van der Waals surface area contributed by atoms with Gasteiger partial charge in [-0.1, -0.05) is 23.2 Å². The van der Waals surface area contributed by atoms with Gasteiger partial charge in [-0.25, -0.2) is 0 Å². The van der Waals surface area contributed by atoms with Crippen molar-refractivity contribution < 1.29 is 24.2 Å². The maximum absolute atomic E-state index is 12.8. The molecule has 3 N–H and O–H groups in total. The molecule has 2 fully saturated rings. The highest BCUT2D eigenvalue weighted by molar-refractivity contribution is 6.42. The zero-order valence-corrected chi connectivity index (χ0v) is 20.7. The highest BCUT2D eigenvalue weighted by Gasteiger charge is 2.30. The van der Waals surface area contributed by atoms with Crippen molar-refractivity contribution in [3.63, 3.8) is 0 Å². The van der Waals surface area contributed by atoms with Gasteiger partial charge in [0.1, 0.15) is 5.75 Å². The topological polar surface area (TPSA) is 105 Å². The van der Waals surface area contributed by atoms with Crippen LogP contribution in [-0.2, 0) is 4.79 Å². The van der Waals surface area contributed by atoms with E-state index in [9.17, 15) is 14.4 Å². The quantitative estimate of drug-likeness (QED) is 0.402. The summed E-state index contributed by atoms with van der Waals surface area (Å²) in [6.07, 6.45) is 4.74. The molecule has 0 unspecified atom stereocenters. The first-order valence-corrected chi connectivity index (χ1v) is 12.6. The van der Waals surface area contributed by atoms with Gasteiger partial charge in [0.2, 0.25) is 0 Å². The molecule has 35 heavy (non-hydrogen) atoms. The highest BCUT2D eigenvalue weighted by Crippen LogP contribution is 2.43. The lowest BCUT2D eigenvalue weighted by molar-refractivity contribution is -0.143. The predicted molar refractivity (Wildman–Crippen MR) is 134 cm³/mol. The van der Waals surface area contributed by atoms with Gasteiger partial charge in [0.25, 0.3) is 11.8 Å². The zero-order chi connectivity index (χ0) is 24.9. The molecule has 0 spiro atoms. The van der Waals surface area contributed by atoms with Crippen LogP contribution in [-0.4, -0.2) is 42.1 Å². The van der Waals surface area contributed by atoms with Gasteiger partial charge in [-0.05, 0) is 86.4 Å². The molecule has 0 saturated heterocycles. The van der Waals surface area contributed by atoms with Crippen molar-refractivity contribution >= 4 is 41.0 Å². The Hall–Kier alpha value is -2.77. The number of nitrogens with one attached hydrogen (secondary N) is 2. The summed E-state index contributed by atoms with van der Waals surface area (Å²) in [5, 5.41) is 15.5. The normalized spacial score (nSPS) is 19.6. The van der Waals surface area contributed by atoms with Crippen molar-refractivity contribution in [1.82, 2.24) is 10.6 Å². The smallest absolute Gasteiger partial charge is 0.306 e. The molecule has 2 saturated carbocycles. The number of amides is 2. The van der Waals surface area contributed by atoms with Crippen LogP contribution >= 0.6 is 23.2 Å². The molecule has 4 rings (SSSR count). The third-order valence-corrected chi connectivity index (χ3v) is 7.23. The average molecular weight is 519 g/mol. The molecule has 0 radical (unpaired) electrons. The van der Waals surface area contributed by atoms with E-state index in [0.29, 0.717) is 52.8 Å². The molecular formula is C26H28Cl2N2O5. The molecule has 2 aliphatic carbocycles. The second-order valence-corrected chi connectivity index (χ2v) is 9.91. The highest BCUT2D eigenvalue weighted by atomic mass is 35.5. The molecule has 0 heterocycles. The molecule has 9 heteroatoms. The molecule has 0 aliphatic heterocycles. The summed E-state index contributed by atoms with van der Waals surface area (Å²) in [5.74, 6) is -0.437. The number of halogens is 2. The summed E-state index contributed by atoms with van der Waals surface area (Å²) in [6.45, 7) is 0.546. The Bertz CT molecular complexity index is 1110. The Morgan fingerprint density at radius 2 is 1.54 bits per heavy atom. The van der Waals surface area contributed by atoms with E-state index in [0.717, 1.165) is 24.2 Å². The van der Waals surface area contributed by atoms with Crippen molar-refractivity contribution in [2.75, 3.05) is 13.1 Å². The minimum Gasteiger partial charge on any atom is -0.490 e. The fourth-order valence-corrected chi connectivity index (χ4v) is 4.66. The van der Waals surface area contributed by atoms with Crippen LogP contribution in [0.15, 0.2) is 36.4 Å². The number of hydrogen-bond acceptors (Lipinski definition) is 4. The van der Waals surface area contributed by atoms with Crippen LogP contribution in [0.25, 0.3) is 0 Å². The molecule has 7 nitrogen and oxygen atoms in total. The average Bonchev–Trinajstić information content (AvgIpc) is 3.69. The first-order chi connectivity index (χ1) is 16.8. The molecule has 2 aromatic rings. The Morgan fingerprint density at radius 3 is 2.17 bits per heavy atom. The van der Waals surface area contributed by atoms with Crippen molar-refractivity contribution in [3.05, 3.63) is 63.1 Å². The summed E-state index contributed by atoms with van der Waals surface area (Å²) < 4.78 is 6.13. The maximum Gasteiger partial charge on any atom is 0.306 e. The van der Waals surface area contributed by atoms with Crippen molar-refractivity contribution in [1.29, 1.82) is 0 Å². The van der Waals surface area contributed by atoms with Gasteiger partial charge >= 0.3 is 5.97 Å². The van der Waals surface area contributed by atoms with Crippen LogP contribution in [0, 0.1) is 5.92 Å². The molecule has 2 aromatic carbocycles. The minimum atomic E-state index is -0.733. The van der Waals surface area contributed by atoms with Crippen molar-refractivity contribution in [2.24, 2.45) is 5.92 Å². The fraction of sp³-hybridized carbons (Fsp3) is 0.423. The second kappa shape index (κ2) is 11.3. The van der Waals surface area contributed by atoms with Gasteiger partial charge in [0.05, 0.1) is 22.1 Å². The molecule has 2 aliphatic rings. The Kier molecular flexibility index (Phi) is 8.19. The lowest BCUT2D eigenvalue weighted by atomic mass is 9.87. The van der Waals surface area contributed by atoms with E-state index in [1.54, 1.807) is 24.3 Å². The molecule has 186 valence electrons.